The SMILES string of the molecule is COc1ccc(/C=C2\SC(=S)N(CCC(=O)N(Cc3ccc(C)cc3)[C@@H]3CCS(=O)(=O)C3)C2=O)cc1. The van der Waals surface area contributed by atoms with Crippen LogP contribution in [0.3, 0.4) is 0 Å². The van der Waals surface area contributed by atoms with E-state index in [1.165, 1.54) is 16.7 Å². The average molecular weight is 545 g/mol. The van der Waals surface area contributed by atoms with Gasteiger partial charge in [0.1, 0.15) is 10.1 Å². The molecule has 7 nitrogen and oxygen atoms in total. The number of benzene rings is 2. The second-order valence-corrected chi connectivity index (χ2v) is 12.8. The maximum Gasteiger partial charge on any atom is 0.266 e. The molecular formula is C26H28N2O5S3. The first-order valence-corrected chi connectivity index (χ1v) is 14.6. The summed E-state index contributed by atoms with van der Waals surface area (Å²) >= 11 is 6.63. The van der Waals surface area contributed by atoms with Gasteiger partial charge in [-0.15, -0.1) is 0 Å². The van der Waals surface area contributed by atoms with Crippen molar-refractivity contribution in [2.75, 3.05) is 25.2 Å². The maximum atomic E-state index is 13.3. The second-order valence-electron chi connectivity index (χ2n) is 8.92. The Morgan fingerprint density at radius 2 is 1.89 bits per heavy atom. The van der Waals surface area contributed by atoms with Crippen LogP contribution in [0.15, 0.2) is 53.4 Å². The summed E-state index contributed by atoms with van der Waals surface area (Å²) in [5.41, 5.74) is 2.89. The van der Waals surface area contributed by atoms with Gasteiger partial charge in [-0.05, 0) is 42.7 Å². The van der Waals surface area contributed by atoms with Crippen molar-refractivity contribution >= 4 is 56.0 Å². The molecule has 0 spiro atoms. The number of hydrogen-bond acceptors (Lipinski definition) is 7. The molecular weight excluding hydrogens is 516 g/mol. The third kappa shape index (κ3) is 6.35. The number of sulfone groups is 1. The van der Waals surface area contributed by atoms with E-state index in [2.05, 4.69) is 0 Å². The third-order valence-electron chi connectivity index (χ3n) is 6.28. The number of ether oxygens (including phenoxy) is 1. The number of thiocarbonyl (C=S) groups is 1. The van der Waals surface area contributed by atoms with Crippen LogP contribution >= 0.6 is 24.0 Å². The van der Waals surface area contributed by atoms with Crippen LogP contribution in [0.1, 0.15) is 29.5 Å². The molecule has 2 aromatic carbocycles. The fourth-order valence-corrected chi connectivity index (χ4v) is 7.27. The van der Waals surface area contributed by atoms with Crippen LogP contribution in [0, 0.1) is 6.92 Å². The predicted octanol–water partition coefficient (Wildman–Crippen LogP) is 3.81. The van der Waals surface area contributed by atoms with Gasteiger partial charge in [-0.25, -0.2) is 8.42 Å². The highest BCUT2D eigenvalue weighted by atomic mass is 32.2. The number of methoxy groups -OCH3 is 1. The Kier molecular flexibility index (Phi) is 8.17. The fourth-order valence-electron chi connectivity index (χ4n) is 4.23. The van der Waals surface area contributed by atoms with E-state index in [1.807, 2.05) is 55.5 Å². The third-order valence-corrected chi connectivity index (χ3v) is 9.41. The molecule has 0 N–H and O–H groups in total. The van der Waals surface area contributed by atoms with E-state index in [0.717, 1.165) is 22.4 Å². The van der Waals surface area contributed by atoms with Gasteiger partial charge in [0.15, 0.2) is 9.84 Å². The molecule has 2 amide bonds. The van der Waals surface area contributed by atoms with Crippen molar-refractivity contribution in [3.05, 3.63) is 70.1 Å². The van der Waals surface area contributed by atoms with Gasteiger partial charge >= 0.3 is 0 Å². The Morgan fingerprint density at radius 3 is 2.50 bits per heavy atom. The maximum absolute atomic E-state index is 13.3. The van der Waals surface area contributed by atoms with Crippen LogP contribution in [0.2, 0.25) is 0 Å². The molecule has 1 atom stereocenters. The summed E-state index contributed by atoms with van der Waals surface area (Å²) in [5.74, 6) is 0.354. The minimum absolute atomic E-state index is 0.0315. The number of carbonyl (C=O) groups is 2. The smallest absolute Gasteiger partial charge is 0.266 e. The number of nitrogens with zero attached hydrogens (tertiary/aromatic N) is 2. The van der Waals surface area contributed by atoms with Crippen molar-refractivity contribution in [3.8, 4) is 5.75 Å². The van der Waals surface area contributed by atoms with Gasteiger partial charge in [-0.2, -0.15) is 0 Å². The van der Waals surface area contributed by atoms with Crippen molar-refractivity contribution in [1.82, 2.24) is 9.80 Å². The van der Waals surface area contributed by atoms with E-state index in [-0.39, 0.29) is 42.3 Å². The van der Waals surface area contributed by atoms with Crippen LogP contribution < -0.4 is 4.74 Å². The minimum Gasteiger partial charge on any atom is -0.497 e. The van der Waals surface area contributed by atoms with Crippen molar-refractivity contribution < 1.29 is 22.7 Å². The molecule has 190 valence electrons. The Balaban J connectivity index is 1.44. The van der Waals surface area contributed by atoms with Gasteiger partial charge in [0.25, 0.3) is 5.91 Å². The topological polar surface area (TPSA) is 84.0 Å². The summed E-state index contributed by atoms with van der Waals surface area (Å²) in [7, 11) is -1.57. The van der Waals surface area contributed by atoms with E-state index in [9.17, 15) is 18.0 Å². The molecule has 2 aliphatic rings. The van der Waals surface area contributed by atoms with Crippen molar-refractivity contribution in [2.45, 2.75) is 32.4 Å². The normalized spacial score (nSPS) is 20.2. The zero-order valence-electron chi connectivity index (χ0n) is 20.2. The summed E-state index contributed by atoms with van der Waals surface area (Å²) in [6.07, 6.45) is 2.25. The van der Waals surface area contributed by atoms with E-state index < -0.39 is 9.84 Å². The van der Waals surface area contributed by atoms with Gasteiger partial charge in [0.2, 0.25) is 5.91 Å². The standard InChI is InChI=1S/C26H28N2O5S3/c1-18-3-5-20(6-4-18)16-28(21-12-14-36(31,32)17-21)24(29)11-13-27-25(30)23(35-26(27)34)15-19-7-9-22(33-2)10-8-19/h3-10,15,21H,11-14,16-17H2,1-2H3/b23-15-/t21-/m1/s1. The Bertz CT molecular complexity index is 1290. The summed E-state index contributed by atoms with van der Waals surface area (Å²) in [6.45, 7) is 2.46. The number of hydrogen-bond donors (Lipinski definition) is 0. The van der Waals surface area contributed by atoms with Crippen LogP contribution in [-0.4, -0.2) is 65.6 Å². The largest absolute Gasteiger partial charge is 0.497 e. The van der Waals surface area contributed by atoms with E-state index >= 15 is 0 Å². The minimum atomic E-state index is -3.16. The average Bonchev–Trinajstić information content (AvgIpc) is 3.34. The molecule has 0 unspecified atom stereocenters. The lowest BCUT2D eigenvalue weighted by Crippen LogP contribution is -2.42. The second kappa shape index (κ2) is 11.1. The first kappa shape index (κ1) is 26.4. The van der Waals surface area contributed by atoms with Crippen molar-refractivity contribution in [3.63, 3.8) is 0 Å². The number of rotatable bonds is 8. The number of amides is 2. The highest BCUT2D eigenvalue weighted by Crippen LogP contribution is 2.33. The van der Waals surface area contributed by atoms with Gasteiger partial charge < -0.3 is 9.64 Å². The molecule has 0 radical (unpaired) electrons. The Hall–Kier alpha value is -2.69. The van der Waals surface area contributed by atoms with Gasteiger partial charge in [0.05, 0.1) is 23.5 Å². The summed E-state index contributed by atoms with van der Waals surface area (Å²) < 4.78 is 29.8. The van der Waals surface area contributed by atoms with E-state index in [4.69, 9.17) is 17.0 Å². The first-order valence-electron chi connectivity index (χ1n) is 11.6. The summed E-state index contributed by atoms with van der Waals surface area (Å²) in [4.78, 5) is 29.9. The van der Waals surface area contributed by atoms with Crippen molar-refractivity contribution in [1.29, 1.82) is 0 Å². The molecule has 0 aliphatic carbocycles. The van der Waals surface area contributed by atoms with Crippen LogP contribution in [0.25, 0.3) is 6.08 Å². The van der Waals surface area contributed by atoms with Gasteiger partial charge in [-0.3, -0.25) is 14.5 Å². The highest BCUT2D eigenvalue weighted by molar-refractivity contribution is 8.26. The van der Waals surface area contributed by atoms with E-state index in [1.54, 1.807) is 18.1 Å². The lowest BCUT2D eigenvalue weighted by molar-refractivity contribution is -0.134. The first-order chi connectivity index (χ1) is 17.1. The molecule has 2 heterocycles. The number of carbonyl (C=O) groups excluding carboxylic acids is 2. The predicted molar refractivity (Wildman–Crippen MR) is 146 cm³/mol. The quantitative estimate of drug-likeness (QED) is 0.369. The number of thioether (sulfide) groups is 1. The molecule has 10 heteroatoms. The molecule has 2 saturated heterocycles. The monoisotopic (exact) mass is 544 g/mol. The van der Waals surface area contributed by atoms with E-state index in [0.29, 0.717) is 22.2 Å². The van der Waals surface area contributed by atoms with Crippen molar-refractivity contribution in [2.24, 2.45) is 0 Å². The molecule has 2 fully saturated rings. The van der Waals surface area contributed by atoms with Crippen LogP contribution in [0.5, 0.6) is 5.75 Å². The molecule has 0 saturated carbocycles. The number of aryl methyl sites for hydroxylation is 1. The molecule has 36 heavy (non-hydrogen) atoms. The van der Waals surface area contributed by atoms with Gasteiger partial charge in [0, 0.05) is 25.6 Å². The van der Waals surface area contributed by atoms with Gasteiger partial charge in [-0.1, -0.05) is 65.9 Å². The summed E-state index contributed by atoms with van der Waals surface area (Å²) in [6, 6.07) is 14.8. The van der Waals surface area contributed by atoms with Crippen LogP contribution in [0.4, 0.5) is 0 Å². The highest BCUT2D eigenvalue weighted by Gasteiger charge is 2.36. The zero-order valence-corrected chi connectivity index (χ0v) is 22.6. The zero-order chi connectivity index (χ0) is 25.9. The lowest BCUT2D eigenvalue weighted by atomic mass is 10.1. The Morgan fingerprint density at radius 1 is 1.19 bits per heavy atom. The molecule has 2 aromatic rings. The van der Waals surface area contributed by atoms with Crippen LogP contribution in [-0.2, 0) is 26.0 Å². The lowest BCUT2D eigenvalue weighted by Gasteiger charge is -2.29. The molecule has 0 aromatic heterocycles. The molecule has 4 rings (SSSR count). The summed E-state index contributed by atoms with van der Waals surface area (Å²) in [5, 5.41) is 0. The Labute approximate surface area is 221 Å². The molecule has 2 aliphatic heterocycles. The fraction of sp³-hybridized carbons (Fsp3) is 0.346. The molecule has 0 bridgehead atoms.